The van der Waals surface area contributed by atoms with Crippen LogP contribution in [-0.4, -0.2) is 17.3 Å². The molecule has 1 aromatic heterocycles. The highest BCUT2D eigenvalue weighted by molar-refractivity contribution is 7.98. The molecular formula is C14H12O2S2. The van der Waals surface area contributed by atoms with Crippen molar-refractivity contribution in [2.24, 2.45) is 0 Å². The zero-order chi connectivity index (χ0) is 13.0. The van der Waals surface area contributed by atoms with Gasteiger partial charge in [-0.25, -0.2) is 4.79 Å². The third-order valence-electron chi connectivity index (χ3n) is 2.49. The summed E-state index contributed by atoms with van der Waals surface area (Å²) in [6.45, 7) is 0. The lowest BCUT2D eigenvalue weighted by Gasteiger charge is -2.01. The molecule has 0 spiro atoms. The van der Waals surface area contributed by atoms with Crippen LogP contribution >= 0.6 is 23.1 Å². The predicted molar refractivity (Wildman–Crippen MR) is 78.0 cm³/mol. The van der Waals surface area contributed by atoms with Gasteiger partial charge < -0.3 is 5.11 Å². The number of carboxylic acids is 1. The van der Waals surface area contributed by atoms with Crippen molar-refractivity contribution in [1.82, 2.24) is 0 Å². The molecule has 0 aliphatic heterocycles. The molecule has 92 valence electrons. The first-order valence-electron chi connectivity index (χ1n) is 5.32. The molecule has 2 nitrogen and oxygen atoms in total. The first-order chi connectivity index (χ1) is 8.70. The van der Waals surface area contributed by atoms with Crippen LogP contribution in [0, 0.1) is 0 Å². The van der Waals surface area contributed by atoms with Crippen molar-refractivity contribution in [3.05, 3.63) is 52.2 Å². The summed E-state index contributed by atoms with van der Waals surface area (Å²) in [4.78, 5) is 12.4. The molecule has 2 aromatic rings. The largest absolute Gasteiger partial charge is 0.478 e. The summed E-state index contributed by atoms with van der Waals surface area (Å²) in [6, 6.07) is 9.66. The highest BCUT2D eigenvalue weighted by Crippen LogP contribution is 2.22. The second-order valence-electron chi connectivity index (χ2n) is 3.65. The minimum absolute atomic E-state index is 0.327. The number of aliphatic carboxylic acids is 1. The van der Waals surface area contributed by atoms with Crippen molar-refractivity contribution in [2.75, 3.05) is 6.26 Å². The van der Waals surface area contributed by atoms with Gasteiger partial charge in [0, 0.05) is 4.90 Å². The Bertz CT molecular complexity index is 554. The van der Waals surface area contributed by atoms with Crippen molar-refractivity contribution in [3.8, 4) is 0 Å². The zero-order valence-electron chi connectivity index (χ0n) is 9.79. The van der Waals surface area contributed by atoms with Crippen molar-refractivity contribution in [2.45, 2.75) is 4.90 Å². The molecule has 2 rings (SSSR count). The fraction of sp³-hybridized carbons (Fsp3) is 0.0714. The maximum Gasteiger partial charge on any atom is 0.336 e. The van der Waals surface area contributed by atoms with Crippen LogP contribution in [0.25, 0.3) is 11.6 Å². The second-order valence-corrected chi connectivity index (χ2v) is 5.31. The molecule has 0 saturated heterocycles. The molecule has 0 unspecified atom stereocenters. The van der Waals surface area contributed by atoms with E-state index in [1.165, 1.54) is 16.2 Å². The SMILES string of the molecule is CSc1ccc(C=C(C(=O)O)c2ccsc2)cc1. The Balaban J connectivity index is 2.36. The number of rotatable bonds is 4. The molecule has 4 heteroatoms. The summed E-state index contributed by atoms with van der Waals surface area (Å²) in [7, 11) is 0. The lowest BCUT2D eigenvalue weighted by Crippen LogP contribution is -1.98. The molecule has 0 amide bonds. The zero-order valence-corrected chi connectivity index (χ0v) is 11.4. The number of hydrogen-bond acceptors (Lipinski definition) is 3. The van der Waals surface area contributed by atoms with E-state index in [1.807, 2.05) is 47.3 Å². The third kappa shape index (κ3) is 3.03. The summed E-state index contributed by atoms with van der Waals surface area (Å²) in [5, 5.41) is 13.0. The molecule has 1 aromatic carbocycles. The van der Waals surface area contributed by atoms with Crippen molar-refractivity contribution >= 4 is 40.7 Å². The monoisotopic (exact) mass is 276 g/mol. The van der Waals surface area contributed by atoms with Crippen molar-refractivity contribution in [1.29, 1.82) is 0 Å². The van der Waals surface area contributed by atoms with E-state index in [2.05, 4.69) is 0 Å². The van der Waals surface area contributed by atoms with Gasteiger partial charge in [0.1, 0.15) is 0 Å². The number of thiophene rings is 1. The van der Waals surface area contributed by atoms with Crippen LogP contribution < -0.4 is 0 Å². The Morgan fingerprint density at radius 2 is 2.00 bits per heavy atom. The fourth-order valence-electron chi connectivity index (χ4n) is 1.55. The van der Waals surface area contributed by atoms with Gasteiger partial charge in [-0.3, -0.25) is 0 Å². The summed E-state index contributed by atoms with van der Waals surface area (Å²) in [5.74, 6) is -0.901. The number of carboxylic acid groups (broad SMARTS) is 1. The molecule has 0 bridgehead atoms. The van der Waals surface area contributed by atoms with Gasteiger partial charge >= 0.3 is 5.97 Å². The van der Waals surface area contributed by atoms with E-state index in [-0.39, 0.29) is 0 Å². The Hall–Kier alpha value is -1.52. The smallest absolute Gasteiger partial charge is 0.336 e. The predicted octanol–water partition coefficient (Wildman–Crippen LogP) is 4.10. The number of carbonyl (C=O) groups is 1. The molecular weight excluding hydrogens is 264 g/mol. The van der Waals surface area contributed by atoms with Gasteiger partial charge in [0.2, 0.25) is 0 Å². The number of benzene rings is 1. The molecule has 0 aliphatic rings. The van der Waals surface area contributed by atoms with Gasteiger partial charge in [0.15, 0.2) is 0 Å². The van der Waals surface area contributed by atoms with Crippen LogP contribution in [0.2, 0.25) is 0 Å². The first-order valence-corrected chi connectivity index (χ1v) is 7.49. The highest BCUT2D eigenvalue weighted by Gasteiger charge is 2.10. The molecule has 1 N–H and O–H groups in total. The van der Waals surface area contributed by atoms with Gasteiger partial charge in [-0.2, -0.15) is 11.3 Å². The van der Waals surface area contributed by atoms with Gasteiger partial charge in [-0.1, -0.05) is 12.1 Å². The van der Waals surface area contributed by atoms with Gasteiger partial charge in [0.05, 0.1) is 5.57 Å². The molecule has 0 atom stereocenters. The first kappa shape index (κ1) is 12.9. The van der Waals surface area contributed by atoms with E-state index in [4.69, 9.17) is 0 Å². The molecule has 0 radical (unpaired) electrons. The van der Waals surface area contributed by atoms with E-state index < -0.39 is 5.97 Å². The van der Waals surface area contributed by atoms with E-state index in [0.29, 0.717) is 5.57 Å². The normalized spacial score (nSPS) is 11.5. The van der Waals surface area contributed by atoms with Crippen molar-refractivity contribution < 1.29 is 9.90 Å². The Morgan fingerprint density at radius 3 is 2.50 bits per heavy atom. The van der Waals surface area contributed by atoms with Crippen LogP contribution in [0.3, 0.4) is 0 Å². The molecule has 0 saturated carbocycles. The minimum atomic E-state index is -0.901. The average molecular weight is 276 g/mol. The van der Waals surface area contributed by atoms with E-state index in [1.54, 1.807) is 17.8 Å². The summed E-state index contributed by atoms with van der Waals surface area (Å²) >= 11 is 3.16. The highest BCUT2D eigenvalue weighted by atomic mass is 32.2. The second kappa shape index (κ2) is 5.89. The van der Waals surface area contributed by atoms with Crippen LogP contribution in [0.15, 0.2) is 46.0 Å². The van der Waals surface area contributed by atoms with Crippen LogP contribution in [0.5, 0.6) is 0 Å². The maximum absolute atomic E-state index is 11.3. The minimum Gasteiger partial charge on any atom is -0.478 e. The molecule has 0 aliphatic carbocycles. The summed E-state index contributed by atoms with van der Waals surface area (Å²) < 4.78 is 0. The van der Waals surface area contributed by atoms with E-state index in [9.17, 15) is 9.90 Å². The summed E-state index contributed by atoms with van der Waals surface area (Å²) in [6.07, 6.45) is 3.72. The molecule has 0 fully saturated rings. The molecule has 18 heavy (non-hydrogen) atoms. The Kier molecular flexibility index (Phi) is 4.23. The van der Waals surface area contributed by atoms with E-state index >= 15 is 0 Å². The average Bonchev–Trinajstić information content (AvgIpc) is 2.90. The lowest BCUT2D eigenvalue weighted by atomic mass is 10.1. The molecule has 1 heterocycles. The number of hydrogen-bond donors (Lipinski definition) is 1. The lowest BCUT2D eigenvalue weighted by molar-refractivity contribution is -0.130. The number of thioether (sulfide) groups is 1. The fourth-order valence-corrected chi connectivity index (χ4v) is 2.62. The third-order valence-corrected chi connectivity index (χ3v) is 3.92. The van der Waals surface area contributed by atoms with Crippen molar-refractivity contribution in [3.63, 3.8) is 0 Å². The summed E-state index contributed by atoms with van der Waals surface area (Å²) in [5.41, 5.74) is 1.98. The quantitative estimate of drug-likeness (QED) is 0.675. The van der Waals surface area contributed by atoms with Gasteiger partial charge in [0.25, 0.3) is 0 Å². The maximum atomic E-state index is 11.3. The van der Waals surface area contributed by atoms with Crippen LogP contribution in [0.4, 0.5) is 0 Å². The topological polar surface area (TPSA) is 37.3 Å². The van der Waals surface area contributed by atoms with Crippen LogP contribution in [0.1, 0.15) is 11.1 Å². The van der Waals surface area contributed by atoms with Gasteiger partial charge in [-0.15, -0.1) is 11.8 Å². The Labute approximate surface area is 114 Å². The van der Waals surface area contributed by atoms with Gasteiger partial charge in [-0.05, 0) is 52.4 Å². The standard InChI is InChI=1S/C14H12O2S2/c1-17-12-4-2-10(3-5-12)8-13(14(15)16)11-6-7-18-9-11/h2-9H,1H3,(H,15,16). The van der Waals surface area contributed by atoms with Crippen LogP contribution in [-0.2, 0) is 4.79 Å². The Morgan fingerprint density at radius 1 is 1.28 bits per heavy atom. The van der Waals surface area contributed by atoms with E-state index in [0.717, 1.165) is 11.1 Å².